The molecule has 0 spiro atoms. The summed E-state index contributed by atoms with van der Waals surface area (Å²) < 4.78 is 15.0. The topological polar surface area (TPSA) is 55.1 Å². The first-order valence-electron chi connectivity index (χ1n) is 7.86. The van der Waals surface area contributed by atoms with Gasteiger partial charge in [0.25, 0.3) is 5.56 Å². The molecule has 0 fully saturated rings. The average molecular weight is 326 g/mol. The van der Waals surface area contributed by atoms with Crippen LogP contribution in [0.1, 0.15) is 12.7 Å². The highest BCUT2D eigenvalue weighted by Crippen LogP contribution is 2.24. The summed E-state index contributed by atoms with van der Waals surface area (Å²) in [6.45, 7) is 2.14. The van der Waals surface area contributed by atoms with Gasteiger partial charge in [-0.3, -0.25) is 9.36 Å². The molecule has 0 aliphatic heterocycles. The lowest BCUT2D eigenvalue weighted by atomic mass is 9.87. The predicted molar refractivity (Wildman–Crippen MR) is 91.2 cm³/mol. The Labute approximate surface area is 139 Å². The molecule has 0 saturated heterocycles. The van der Waals surface area contributed by atoms with Crippen molar-refractivity contribution in [1.29, 1.82) is 0 Å². The van der Waals surface area contributed by atoms with Crippen molar-refractivity contribution < 1.29 is 9.50 Å². The molecule has 3 rings (SSSR count). The third-order valence-electron chi connectivity index (χ3n) is 4.50. The van der Waals surface area contributed by atoms with Gasteiger partial charge in [-0.2, -0.15) is 0 Å². The van der Waals surface area contributed by atoms with Crippen LogP contribution >= 0.6 is 0 Å². The van der Waals surface area contributed by atoms with Gasteiger partial charge in [0.15, 0.2) is 11.6 Å². The Hall–Kier alpha value is -2.69. The minimum atomic E-state index is -0.758. The van der Waals surface area contributed by atoms with Crippen molar-refractivity contribution in [2.24, 2.45) is 18.9 Å². The Bertz CT molecular complexity index is 883. The van der Waals surface area contributed by atoms with Gasteiger partial charge in [-0.05, 0) is 29.5 Å². The Morgan fingerprint density at radius 3 is 2.75 bits per heavy atom. The molecular weight excluding hydrogens is 307 g/mol. The maximum Gasteiger partial charge on any atom is 0.261 e. The fourth-order valence-corrected chi connectivity index (χ4v) is 2.87. The predicted octanol–water partition coefficient (Wildman–Crippen LogP) is 3.21. The van der Waals surface area contributed by atoms with E-state index in [2.05, 4.69) is 24.1 Å². The van der Waals surface area contributed by atoms with Gasteiger partial charge in [0.1, 0.15) is 5.82 Å². The van der Waals surface area contributed by atoms with Crippen LogP contribution in [0.3, 0.4) is 0 Å². The van der Waals surface area contributed by atoms with Crippen LogP contribution in [0.5, 0.6) is 5.75 Å². The van der Waals surface area contributed by atoms with E-state index in [9.17, 15) is 14.3 Å². The van der Waals surface area contributed by atoms with Crippen molar-refractivity contribution in [3.05, 3.63) is 70.7 Å². The largest absolute Gasteiger partial charge is 0.505 e. The van der Waals surface area contributed by atoms with Crippen LogP contribution in [0, 0.1) is 17.7 Å². The molecule has 5 heteroatoms. The standard InChI is InChI=1S/C19H19FN2O2/c1-12-5-3-4-6-13(12)10-18-21-11-15(19(24)22(18)2)14-7-8-17(23)16(20)9-14/h3-9,11-13,23H,10H2,1-2H3. The van der Waals surface area contributed by atoms with Crippen molar-refractivity contribution in [2.45, 2.75) is 13.3 Å². The summed E-state index contributed by atoms with van der Waals surface area (Å²) in [6, 6.07) is 3.89. The average Bonchev–Trinajstić information content (AvgIpc) is 2.57. The van der Waals surface area contributed by atoms with Crippen LogP contribution in [0.25, 0.3) is 11.1 Å². The highest BCUT2D eigenvalue weighted by Gasteiger charge is 2.18. The lowest BCUT2D eigenvalue weighted by molar-refractivity contribution is 0.432. The molecule has 0 amide bonds. The normalized spacial score (nSPS) is 19.6. The fraction of sp³-hybridized carbons (Fsp3) is 0.263. The first-order chi connectivity index (χ1) is 11.5. The summed E-state index contributed by atoms with van der Waals surface area (Å²) in [7, 11) is 1.68. The Kier molecular flexibility index (Phi) is 4.34. The monoisotopic (exact) mass is 326 g/mol. The second-order valence-corrected chi connectivity index (χ2v) is 6.12. The summed E-state index contributed by atoms with van der Waals surface area (Å²) in [6.07, 6.45) is 10.4. The third-order valence-corrected chi connectivity index (χ3v) is 4.50. The zero-order valence-electron chi connectivity index (χ0n) is 13.6. The molecule has 2 aromatic rings. The Balaban J connectivity index is 1.94. The fourth-order valence-electron chi connectivity index (χ4n) is 2.87. The molecule has 2 atom stereocenters. The maximum absolute atomic E-state index is 13.5. The molecule has 2 unspecified atom stereocenters. The Morgan fingerprint density at radius 2 is 2.04 bits per heavy atom. The number of rotatable bonds is 3. The minimum absolute atomic E-state index is 0.229. The van der Waals surface area contributed by atoms with Crippen molar-refractivity contribution in [3.8, 4) is 16.9 Å². The zero-order chi connectivity index (χ0) is 17.3. The van der Waals surface area contributed by atoms with Crippen LogP contribution < -0.4 is 5.56 Å². The molecule has 1 aromatic heterocycles. The van der Waals surface area contributed by atoms with E-state index in [1.54, 1.807) is 7.05 Å². The number of aromatic hydroxyl groups is 1. The van der Waals surface area contributed by atoms with Gasteiger partial charge in [-0.1, -0.05) is 37.3 Å². The van der Waals surface area contributed by atoms with Crippen LogP contribution in [0.15, 0.2) is 53.5 Å². The van der Waals surface area contributed by atoms with E-state index in [1.165, 1.54) is 22.9 Å². The van der Waals surface area contributed by atoms with E-state index in [1.807, 2.05) is 12.2 Å². The lowest BCUT2D eigenvalue weighted by Gasteiger charge is -2.21. The number of hydrogen-bond acceptors (Lipinski definition) is 3. The molecule has 1 N–H and O–H groups in total. The van der Waals surface area contributed by atoms with E-state index in [0.29, 0.717) is 35.2 Å². The summed E-state index contributed by atoms with van der Waals surface area (Å²) in [5.74, 6) is 0.181. The van der Waals surface area contributed by atoms with Crippen LogP contribution in [0.2, 0.25) is 0 Å². The lowest BCUT2D eigenvalue weighted by Crippen LogP contribution is -2.26. The van der Waals surface area contributed by atoms with Crippen molar-refractivity contribution in [3.63, 3.8) is 0 Å². The summed E-state index contributed by atoms with van der Waals surface area (Å²) in [5, 5.41) is 9.28. The molecule has 0 radical (unpaired) electrons. The van der Waals surface area contributed by atoms with Gasteiger partial charge >= 0.3 is 0 Å². The molecule has 0 saturated carbocycles. The van der Waals surface area contributed by atoms with Crippen LogP contribution in [-0.2, 0) is 13.5 Å². The minimum Gasteiger partial charge on any atom is -0.505 e. The molecule has 4 nitrogen and oxygen atoms in total. The molecule has 1 aliphatic carbocycles. The van der Waals surface area contributed by atoms with Gasteiger partial charge in [0.2, 0.25) is 0 Å². The SMILES string of the molecule is CC1C=CC=CC1Cc1ncc(-c2ccc(O)c(F)c2)c(=O)n1C. The zero-order valence-corrected chi connectivity index (χ0v) is 13.6. The van der Waals surface area contributed by atoms with E-state index in [-0.39, 0.29) is 5.56 Å². The smallest absolute Gasteiger partial charge is 0.261 e. The number of halogens is 1. The van der Waals surface area contributed by atoms with Crippen LogP contribution in [0.4, 0.5) is 4.39 Å². The van der Waals surface area contributed by atoms with E-state index < -0.39 is 11.6 Å². The van der Waals surface area contributed by atoms with Gasteiger partial charge in [0.05, 0.1) is 5.56 Å². The van der Waals surface area contributed by atoms with Gasteiger partial charge in [-0.15, -0.1) is 0 Å². The van der Waals surface area contributed by atoms with Crippen LogP contribution in [-0.4, -0.2) is 14.7 Å². The van der Waals surface area contributed by atoms with Crippen molar-refractivity contribution >= 4 is 0 Å². The van der Waals surface area contributed by atoms with Gasteiger partial charge in [0, 0.05) is 19.7 Å². The highest BCUT2D eigenvalue weighted by molar-refractivity contribution is 5.62. The van der Waals surface area contributed by atoms with Gasteiger partial charge in [-0.25, -0.2) is 9.37 Å². The highest BCUT2D eigenvalue weighted by atomic mass is 19.1. The maximum atomic E-state index is 13.5. The quantitative estimate of drug-likeness (QED) is 0.942. The van der Waals surface area contributed by atoms with Gasteiger partial charge < -0.3 is 5.11 Å². The third kappa shape index (κ3) is 3.02. The number of phenols is 1. The Morgan fingerprint density at radius 1 is 1.29 bits per heavy atom. The van der Waals surface area contributed by atoms with Crippen molar-refractivity contribution in [1.82, 2.24) is 9.55 Å². The van der Waals surface area contributed by atoms with E-state index in [4.69, 9.17) is 0 Å². The van der Waals surface area contributed by atoms with Crippen molar-refractivity contribution in [2.75, 3.05) is 0 Å². The molecule has 1 aliphatic rings. The second kappa shape index (κ2) is 6.43. The first-order valence-corrected chi connectivity index (χ1v) is 7.86. The number of benzene rings is 1. The first kappa shape index (κ1) is 16.2. The molecular formula is C19H19FN2O2. The number of allylic oxidation sites excluding steroid dienone is 4. The number of hydrogen-bond donors (Lipinski definition) is 1. The van der Waals surface area contributed by atoms with E-state index in [0.717, 1.165) is 6.07 Å². The second-order valence-electron chi connectivity index (χ2n) is 6.12. The molecule has 1 aromatic carbocycles. The number of nitrogens with zero attached hydrogens (tertiary/aromatic N) is 2. The molecule has 124 valence electrons. The number of phenolic OH excluding ortho intramolecular Hbond substituents is 1. The summed E-state index contributed by atoms with van der Waals surface area (Å²) in [4.78, 5) is 17.0. The molecule has 24 heavy (non-hydrogen) atoms. The number of aromatic nitrogens is 2. The molecule has 1 heterocycles. The summed E-state index contributed by atoms with van der Waals surface area (Å²) in [5.41, 5.74) is 0.485. The molecule has 0 bridgehead atoms. The van der Waals surface area contributed by atoms with E-state index >= 15 is 0 Å². The summed E-state index contributed by atoms with van der Waals surface area (Å²) >= 11 is 0.